The van der Waals surface area contributed by atoms with Crippen LogP contribution in [0.15, 0.2) is 42.7 Å². The van der Waals surface area contributed by atoms with Crippen LogP contribution in [0.25, 0.3) is 0 Å². The first-order chi connectivity index (χ1) is 15.7. The number of esters is 1. The van der Waals surface area contributed by atoms with Crippen LogP contribution >= 0.6 is 0 Å². The van der Waals surface area contributed by atoms with Gasteiger partial charge in [0.1, 0.15) is 0 Å². The highest BCUT2D eigenvalue weighted by Crippen LogP contribution is 2.57. The quantitative estimate of drug-likeness (QED) is 0.618. The van der Waals surface area contributed by atoms with Crippen molar-refractivity contribution in [2.45, 2.75) is 71.1 Å². The summed E-state index contributed by atoms with van der Waals surface area (Å²) in [5, 5.41) is 3.07. The molecule has 4 rings (SSSR count). The van der Waals surface area contributed by atoms with Gasteiger partial charge in [-0.1, -0.05) is 52.3 Å². The molecule has 2 aromatic rings. The van der Waals surface area contributed by atoms with E-state index in [4.69, 9.17) is 4.74 Å². The van der Waals surface area contributed by atoms with Crippen LogP contribution in [0.4, 0.5) is 0 Å². The van der Waals surface area contributed by atoms with Crippen molar-refractivity contribution in [3.63, 3.8) is 0 Å². The summed E-state index contributed by atoms with van der Waals surface area (Å²) < 4.78 is 5.18. The molecule has 3 unspecified atom stereocenters. The average Bonchev–Trinajstić information content (AvgIpc) is 2.81. The highest BCUT2D eigenvalue weighted by molar-refractivity contribution is 5.90. The van der Waals surface area contributed by atoms with Gasteiger partial charge in [0.15, 0.2) is 6.61 Å². The van der Waals surface area contributed by atoms with Gasteiger partial charge in [0.2, 0.25) is 0 Å². The minimum atomic E-state index is -0.528. The number of nitrogens with zero attached hydrogens (tertiary/aromatic N) is 1. The molecule has 0 saturated heterocycles. The summed E-state index contributed by atoms with van der Waals surface area (Å²) in [4.78, 5) is 28.5. The molecule has 0 radical (unpaired) electrons. The van der Waals surface area contributed by atoms with E-state index in [1.807, 2.05) is 0 Å². The Hall–Kier alpha value is -2.69. The second kappa shape index (κ2) is 9.28. The molecule has 1 aromatic heterocycles. The molecule has 1 aromatic carbocycles. The number of carbonyl (C=O) groups excluding carboxylic acids is 2. The summed E-state index contributed by atoms with van der Waals surface area (Å²) in [6.45, 7) is 9.60. The zero-order valence-electron chi connectivity index (χ0n) is 20.3. The third-order valence-corrected chi connectivity index (χ3v) is 8.09. The van der Waals surface area contributed by atoms with Crippen molar-refractivity contribution < 1.29 is 14.3 Å². The lowest BCUT2D eigenvalue weighted by molar-refractivity contribution is -0.125. The molecule has 5 heteroatoms. The summed E-state index contributed by atoms with van der Waals surface area (Å²) in [6, 6.07) is 10.4. The molecule has 33 heavy (non-hydrogen) atoms. The van der Waals surface area contributed by atoms with E-state index in [1.54, 1.807) is 18.3 Å². The van der Waals surface area contributed by atoms with E-state index < -0.39 is 5.97 Å². The highest BCUT2D eigenvalue weighted by atomic mass is 16.5. The first-order valence-corrected chi connectivity index (χ1v) is 12.2. The average molecular weight is 449 g/mol. The lowest BCUT2D eigenvalue weighted by Gasteiger charge is -2.55. The number of hydrogen-bond donors (Lipinski definition) is 1. The molecule has 1 saturated carbocycles. The maximum Gasteiger partial charge on any atom is 0.340 e. The van der Waals surface area contributed by atoms with E-state index in [-0.39, 0.29) is 23.3 Å². The summed E-state index contributed by atoms with van der Waals surface area (Å²) >= 11 is 0. The number of nitrogens with one attached hydrogen (secondary N) is 1. The third kappa shape index (κ3) is 4.68. The molecule has 1 fully saturated rings. The van der Waals surface area contributed by atoms with E-state index in [2.05, 4.69) is 56.2 Å². The molecule has 0 spiro atoms. The van der Waals surface area contributed by atoms with Gasteiger partial charge >= 0.3 is 5.97 Å². The van der Waals surface area contributed by atoms with Crippen LogP contribution in [0.5, 0.6) is 0 Å². The smallest absolute Gasteiger partial charge is 0.340 e. The van der Waals surface area contributed by atoms with Gasteiger partial charge in [-0.2, -0.15) is 0 Å². The number of fused-ring (bicyclic) bond motifs is 3. The van der Waals surface area contributed by atoms with Crippen molar-refractivity contribution in [2.24, 2.45) is 11.3 Å². The molecule has 2 aliphatic rings. The highest BCUT2D eigenvalue weighted by Gasteiger charge is 2.51. The number of hydrogen-bond acceptors (Lipinski definition) is 4. The maximum atomic E-state index is 12.5. The number of amides is 1. The van der Waals surface area contributed by atoms with Gasteiger partial charge in [-0.3, -0.25) is 9.78 Å². The van der Waals surface area contributed by atoms with Gasteiger partial charge < -0.3 is 10.1 Å². The Morgan fingerprint density at radius 1 is 1.21 bits per heavy atom. The first kappa shape index (κ1) is 23.5. The Balaban J connectivity index is 1.41. The van der Waals surface area contributed by atoms with Gasteiger partial charge in [0, 0.05) is 18.9 Å². The van der Waals surface area contributed by atoms with Crippen molar-refractivity contribution in [2.75, 3.05) is 13.2 Å². The van der Waals surface area contributed by atoms with Gasteiger partial charge in [-0.25, -0.2) is 4.79 Å². The normalized spacial score (nSPS) is 26.3. The van der Waals surface area contributed by atoms with Crippen LogP contribution < -0.4 is 5.32 Å². The van der Waals surface area contributed by atoms with Crippen molar-refractivity contribution >= 4 is 11.9 Å². The maximum absolute atomic E-state index is 12.5. The minimum absolute atomic E-state index is 0.0183. The summed E-state index contributed by atoms with van der Waals surface area (Å²) in [5.41, 5.74) is 4.93. The van der Waals surface area contributed by atoms with Crippen LogP contribution in [0.1, 0.15) is 86.3 Å². The third-order valence-electron chi connectivity index (χ3n) is 8.09. The number of benzene rings is 1. The predicted molar refractivity (Wildman–Crippen MR) is 129 cm³/mol. The van der Waals surface area contributed by atoms with E-state index >= 15 is 0 Å². The molecule has 0 aliphatic heterocycles. The fourth-order valence-electron chi connectivity index (χ4n) is 6.26. The fraction of sp³-hybridized carbons (Fsp3) is 0.536. The first-order valence-electron chi connectivity index (χ1n) is 12.2. The zero-order chi connectivity index (χ0) is 23.6. The second-order valence-electron chi connectivity index (χ2n) is 10.7. The number of pyridine rings is 1. The Bertz CT molecular complexity index is 1020. The summed E-state index contributed by atoms with van der Waals surface area (Å²) in [5.74, 6) is 0.271. The van der Waals surface area contributed by atoms with Crippen molar-refractivity contribution in [3.05, 3.63) is 65.0 Å². The van der Waals surface area contributed by atoms with Gasteiger partial charge in [0.05, 0.1) is 5.56 Å². The zero-order valence-corrected chi connectivity index (χ0v) is 20.3. The molecule has 2 aliphatic carbocycles. The Labute approximate surface area is 197 Å². The molecule has 1 heterocycles. The number of ether oxygens (including phenoxy) is 1. The summed E-state index contributed by atoms with van der Waals surface area (Å²) in [7, 11) is 0. The van der Waals surface area contributed by atoms with E-state index in [0.717, 1.165) is 25.7 Å². The van der Waals surface area contributed by atoms with Crippen molar-refractivity contribution in [1.82, 2.24) is 10.3 Å². The number of aryl methyl sites for hydroxylation is 1. The SMILES string of the molecule is CC(C)c1ccc2c(c1)CCC1C(C)(CNC(=O)COC(=O)c3cccnc3)CCCC21C. The molecular weight excluding hydrogens is 412 g/mol. The predicted octanol–water partition coefficient (Wildman–Crippen LogP) is 5.19. The topological polar surface area (TPSA) is 68.3 Å². The van der Waals surface area contributed by atoms with E-state index in [1.165, 1.54) is 29.3 Å². The summed E-state index contributed by atoms with van der Waals surface area (Å²) in [6.07, 6.45) is 8.72. The lowest BCUT2D eigenvalue weighted by Crippen LogP contribution is -2.53. The largest absolute Gasteiger partial charge is 0.452 e. The molecule has 3 atom stereocenters. The van der Waals surface area contributed by atoms with Crippen LogP contribution in [0.3, 0.4) is 0 Å². The van der Waals surface area contributed by atoms with Crippen LogP contribution in [0.2, 0.25) is 0 Å². The van der Waals surface area contributed by atoms with E-state index in [0.29, 0.717) is 23.9 Å². The number of carbonyl (C=O) groups is 2. The lowest BCUT2D eigenvalue weighted by atomic mass is 9.49. The second-order valence-corrected chi connectivity index (χ2v) is 10.7. The van der Waals surface area contributed by atoms with Crippen molar-refractivity contribution in [3.8, 4) is 0 Å². The number of rotatable bonds is 6. The Morgan fingerprint density at radius 3 is 2.76 bits per heavy atom. The Kier molecular flexibility index (Phi) is 6.60. The van der Waals surface area contributed by atoms with Gasteiger partial charge in [0.25, 0.3) is 5.91 Å². The fourth-order valence-corrected chi connectivity index (χ4v) is 6.26. The van der Waals surface area contributed by atoms with Crippen LogP contribution in [0, 0.1) is 11.3 Å². The molecule has 0 bridgehead atoms. The van der Waals surface area contributed by atoms with Gasteiger partial charge in [-0.15, -0.1) is 0 Å². The van der Waals surface area contributed by atoms with Crippen LogP contribution in [-0.2, 0) is 21.4 Å². The molecular formula is C28H36N2O3. The minimum Gasteiger partial charge on any atom is -0.452 e. The molecule has 5 nitrogen and oxygen atoms in total. The van der Waals surface area contributed by atoms with Gasteiger partial charge in [-0.05, 0) is 77.2 Å². The van der Waals surface area contributed by atoms with E-state index in [9.17, 15) is 9.59 Å². The monoisotopic (exact) mass is 448 g/mol. The molecule has 176 valence electrons. The molecule has 1 N–H and O–H groups in total. The number of aromatic nitrogens is 1. The van der Waals surface area contributed by atoms with Crippen molar-refractivity contribution in [1.29, 1.82) is 0 Å². The standard InChI is InChI=1S/C28H36N2O3/c1-19(2)20-8-10-23-21(15-20)9-11-24-27(3,12-6-13-28(23,24)4)18-30-25(31)17-33-26(32)22-7-5-14-29-16-22/h5,7-8,10,14-16,19,24H,6,9,11-13,17-18H2,1-4H3,(H,30,31). The Morgan fingerprint density at radius 2 is 2.03 bits per heavy atom. The van der Waals surface area contributed by atoms with Crippen LogP contribution in [-0.4, -0.2) is 30.0 Å². The molecule has 1 amide bonds.